The minimum absolute atomic E-state index is 0.388. The zero-order chi connectivity index (χ0) is 13.9. The topological polar surface area (TPSA) is 24.4 Å². The van der Waals surface area contributed by atoms with Gasteiger partial charge in [0.2, 0.25) is 0 Å². The van der Waals surface area contributed by atoms with Gasteiger partial charge in [-0.3, -0.25) is 4.99 Å². The summed E-state index contributed by atoms with van der Waals surface area (Å²) >= 11 is 1.90. The second kappa shape index (κ2) is 6.00. The molecule has 1 aromatic rings. The van der Waals surface area contributed by atoms with Crippen molar-refractivity contribution >= 4 is 16.9 Å². The predicted octanol–water partition coefficient (Wildman–Crippen LogP) is 3.99. The van der Waals surface area contributed by atoms with Crippen LogP contribution in [0.25, 0.3) is 0 Å². The van der Waals surface area contributed by atoms with Crippen molar-refractivity contribution in [3.8, 4) is 0 Å². The molecule has 1 N–H and O–H groups in total. The van der Waals surface area contributed by atoms with E-state index in [9.17, 15) is 0 Å². The maximum Gasteiger partial charge on any atom is 0.157 e. The molecule has 1 heterocycles. The first kappa shape index (κ1) is 14.4. The third-order valence-electron chi connectivity index (χ3n) is 3.12. The van der Waals surface area contributed by atoms with Crippen LogP contribution in [0.3, 0.4) is 0 Å². The summed E-state index contributed by atoms with van der Waals surface area (Å²) in [7, 11) is 0. The highest BCUT2D eigenvalue weighted by Crippen LogP contribution is 2.31. The largest absolute Gasteiger partial charge is 0.361 e. The molecule has 0 radical (unpaired) electrons. The average Bonchev–Trinajstić information content (AvgIpc) is 2.73. The van der Waals surface area contributed by atoms with Crippen molar-refractivity contribution in [1.29, 1.82) is 0 Å². The molecule has 0 saturated heterocycles. The average molecular weight is 276 g/mol. The van der Waals surface area contributed by atoms with Crippen molar-refractivity contribution in [2.45, 2.75) is 45.9 Å². The van der Waals surface area contributed by atoms with Crippen LogP contribution in [0.5, 0.6) is 0 Å². The molecule has 0 aromatic heterocycles. The standard InChI is InChI=1S/C16H24N2S/c1-12-5-7-13(8-6-12)10-17-15-18-11-14(19-15)9-16(2,3)4/h5-8,14H,9-11H2,1-4H3,(H,17,18). The Morgan fingerprint density at radius 3 is 2.58 bits per heavy atom. The van der Waals surface area contributed by atoms with Gasteiger partial charge in [-0.1, -0.05) is 62.4 Å². The fourth-order valence-electron chi connectivity index (χ4n) is 2.19. The van der Waals surface area contributed by atoms with Crippen molar-refractivity contribution in [1.82, 2.24) is 5.32 Å². The molecule has 2 nitrogen and oxygen atoms in total. The molecular weight excluding hydrogens is 252 g/mol. The Kier molecular flexibility index (Phi) is 4.56. The summed E-state index contributed by atoms with van der Waals surface area (Å²) < 4.78 is 0. The van der Waals surface area contributed by atoms with Gasteiger partial charge < -0.3 is 5.32 Å². The number of nitrogens with one attached hydrogen (secondary N) is 1. The number of aryl methyl sites for hydroxylation is 1. The molecule has 1 aliphatic heterocycles. The quantitative estimate of drug-likeness (QED) is 0.902. The summed E-state index contributed by atoms with van der Waals surface area (Å²) in [6, 6.07) is 8.66. The molecule has 1 aromatic carbocycles. The van der Waals surface area contributed by atoms with Crippen LogP contribution < -0.4 is 5.32 Å². The summed E-state index contributed by atoms with van der Waals surface area (Å²) in [5.41, 5.74) is 3.01. The van der Waals surface area contributed by atoms with E-state index < -0.39 is 0 Å². The van der Waals surface area contributed by atoms with Crippen LogP contribution in [0, 0.1) is 12.3 Å². The highest BCUT2D eigenvalue weighted by atomic mass is 32.2. The van der Waals surface area contributed by atoms with Gasteiger partial charge in [0.05, 0.1) is 6.54 Å². The molecule has 1 atom stereocenters. The molecular formula is C16H24N2S. The van der Waals surface area contributed by atoms with Crippen molar-refractivity contribution in [2.24, 2.45) is 10.4 Å². The normalized spacial score (nSPS) is 19.4. The molecule has 19 heavy (non-hydrogen) atoms. The second-order valence-electron chi connectivity index (χ2n) is 6.49. The van der Waals surface area contributed by atoms with Gasteiger partial charge in [0.1, 0.15) is 0 Å². The number of hydrogen-bond acceptors (Lipinski definition) is 3. The highest BCUT2D eigenvalue weighted by Gasteiger charge is 2.24. The molecule has 0 saturated carbocycles. The summed E-state index contributed by atoms with van der Waals surface area (Å²) in [5, 5.41) is 5.19. The van der Waals surface area contributed by atoms with E-state index in [2.05, 4.69) is 62.3 Å². The van der Waals surface area contributed by atoms with E-state index >= 15 is 0 Å². The molecule has 0 aliphatic carbocycles. The number of hydrogen-bond donors (Lipinski definition) is 1. The highest BCUT2D eigenvalue weighted by molar-refractivity contribution is 8.14. The number of nitrogens with zero attached hydrogens (tertiary/aromatic N) is 1. The predicted molar refractivity (Wildman–Crippen MR) is 85.8 cm³/mol. The lowest BCUT2D eigenvalue weighted by Gasteiger charge is -2.21. The third-order valence-corrected chi connectivity index (χ3v) is 4.27. The minimum Gasteiger partial charge on any atom is -0.361 e. The van der Waals surface area contributed by atoms with Gasteiger partial charge in [-0.2, -0.15) is 0 Å². The van der Waals surface area contributed by atoms with Crippen molar-refractivity contribution in [2.75, 3.05) is 6.54 Å². The van der Waals surface area contributed by atoms with Gasteiger partial charge in [0, 0.05) is 11.8 Å². The Morgan fingerprint density at radius 2 is 1.95 bits per heavy atom. The van der Waals surface area contributed by atoms with E-state index in [0.717, 1.165) is 18.3 Å². The van der Waals surface area contributed by atoms with Crippen molar-refractivity contribution < 1.29 is 0 Å². The molecule has 0 spiro atoms. The number of rotatable bonds is 3. The van der Waals surface area contributed by atoms with E-state index in [-0.39, 0.29) is 0 Å². The monoisotopic (exact) mass is 276 g/mol. The first-order valence-corrected chi connectivity index (χ1v) is 7.81. The van der Waals surface area contributed by atoms with Crippen LogP contribution in [0.2, 0.25) is 0 Å². The Labute approximate surface area is 121 Å². The number of aliphatic imine (C=N–C) groups is 1. The Balaban J connectivity index is 1.78. The van der Waals surface area contributed by atoms with Gasteiger partial charge in [-0.25, -0.2) is 0 Å². The lowest BCUT2D eigenvalue weighted by molar-refractivity contribution is 0.375. The summed E-state index contributed by atoms with van der Waals surface area (Å²) in [6.45, 7) is 10.8. The summed E-state index contributed by atoms with van der Waals surface area (Å²) in [5.74, 6) is 0. The van der Waals surface area contributed by atoms with Gasteiger partial charge in [0.25, 0.3) is 0 Å². The molecule has 1 unspecified atom stereocenters. The van der Waals surface area contributed by atoms with E-state index in [1.165, 1.54) is 17.5 Å². The zero-order valence-corrected chi connectivity index (χ0v) is 13.2. The molecule has 0 bridgehead atoms. The molecule has 3 heteroatoms. The molecule has 0 fully saturated rings. The lowest BCUT2D eigenvalue weighted by atomic mass is 9.90. The van der Waals surface area contributed by atoms with Gasteiger partial charge in [0.15, 0.2) is 5.17 Å². The lowest BCUT2D eigenvalue weighted by Crippen LogP contribution is -2.20. The van der Waals surface area contributed by atoms with Gasteiger partial charge >= 0.3 is 0 Å². The number of benzene rings is 1. The third kappa shape index (κ3) is 4.90. The van der Waals surface area contributed by atoms with Crippen molar-refractivity contribution in [3.05, 3.63) is 35.4 Å². The fraction of sp³-hybridized carbons (Fsp3) is 0.562. The number of amidine groups is 1. The Morgan fingerprint density at radius 1 is 1.26 bits per heavy atom. The smallest absolute Gasteiger partial charge is 0.157 e. The summed E-state index contributed by atoms with van der Waals surface area (Å²) in [6.07, 6.45) is 1.22. The van der Waals surface area contributed by atoms with Crippen molar-refractivity contribution in [3.63, 3.8) is 0 Å². The first-order chi connectivity index (χ1) is 8.92. The zero-order valence-electron chi connectivity index (χ0n) is 12.4. The van der Waals surface area contributed by atoms with E-state index in [0.29, 0.717) is 10.7 Å². The minimum atomic E-state index is 0.388. The second-order valence-corrected chi connectivity index (χ2v) is 7.78. The van der Waals surface area contributed by atoms with Gasteiger partial charge in [-0.15, -0.1) is 0 Å². The Hall–Kier alpha value is -0.960. The van der Waals surface area contributed by atoms with E-state index in [1.54, 1.807) is 0 Å². The maximum atomic E-state index is 4.60. The first-order valence-electron chi connectivity index (χ1n) is 6.93. The number of thioether (sulfide) groups is 1. The maximum absolute atomic E-state index is 4.60. The van der Waals surface area contributed by atoms with Crippen LogP contribution in [0.15, 0.2) is 29.3 Å². The molecule has 104 valence electrons. The molecule has 2 rings (SSSR count). The van der Waals surface area contributed by atoms with Gasteiger partial charge in [-0.05, 0) is 24.3 Å². The summed E-state index contributed by atoms with van der Waals surface area (Å²) in [4.78, 5) is 4.60. The SMILES string of the molecule is Cc1ccc(CNC2=NCC(CC(C)(C)C)S2)cc1. The Bertz CT molecular complexity index is 443. The van der Waals surface area contributed by atoms with Crippen LogP contribution in [0.1, 0.15) is 38.3 Å². The van der Waals surface area contributed by atoms with E-state index in [4.69, 9.17) is 0 Å². The van der Waals surface area contributed by atoms with Crippen LogP contribution >= 0.6 is 11.8 Å². The van der Waals surface area contributed by atoms with E-state index in [1.807, 2.05) is 11.8 Å². The van der Waals surface area contributed by atoms with Crippen LogP contribution in [-0.4, -0.2) is 17.0 Å². The molecule has 0 amide bonds. The van der Waals surface area contributed by atoms with Crippen LogP contribution in [-0.2, 0) is 6.54 Å². The fourth-order valence-corrected chi connectivity index (χ4v) is 3.54. The van der Waals surface area contributed by atoms with Crippen LogP contribution in [0.4, 0.5) is 0 Å². The molecule has 1 aliphatic rings.